The van der Waals surface area contributed by atoms with E-state index < -0.39 is 0 Å². The van der Waals surface area contributed by atoms with Crippen LogP contribution < -0.4 is 10.6 Å². The molecule has 1 aromatic carbocycles. The first kappa shape index (κ1) is 10.9. The van der Waals surface area contributed by atoms with Crippen LogP contribution in [0, 0.1) is 6.92 Å². The predicted octanol–water partition coefficient (Wildman–Crippen LogP) is 2.01. The van der Waals surface area contributed by atoms with Gasteiger partial charge in [0.05, 0.1) is 0 Å². The van der Waals surface area contributed by atoms with Crippen LogP contribution in [0.2, 0.25) is 0 Å². The SMILES string of the molecule is COC(C)N(C)c1ccc(N)c(C)c1. The molecule has 0 saturated carbocycles. The van der Waals surface area contributed by atoms with E-state index in [0.717, 1.165) is 16.9 Å². The van der Waals surface area contributed by atoms with E-state index in [0.29, 0.717) is 0 Å². The summed E-state index contributed by atoms with van der Waals surface area (Å²) in [5.74, 6) is 0. The summed E-state index contributed by atoms with van der Waals surface area (Å²) in [6.45, 7) is 4.01. The van der Waals surface area contributed by atoms with Crippen molar-refractivity contribution in [1.82, 2.24) is 0 Å². The van der Waals surface area contributed by atoms with Gasteiger partial charge in [0.15, 0.2) is 0 Å². The van der Waals surface area contributed by atoms with Gasteiger partial charge in [-0.05, 0) is 37.6 Å². The van der Waals surface area contributed by atoms with Gasteiger partial charge in [0.1, 0.15) is 6.23 Å². The molecular weight excluding hydrogens is 176 g/mol. The average Bonchev–Trinajstić information content (AvgIpc) is 2.20. The molecule has 1 atom stereocenters. The number of nitrogens with two attached hydrogens (primary N) is 1. The fourth-order valence-corrected chi connectivity index (χ4v) is 1.25. The number of benzene rings is 1. The van der Waals surface area contributed by atoms with E-state index in [9.17, 15) is 0 Å². The van der Waals surface area contributed by atoms with E-state index in [1.807, 2.05) is 33.0 Å². The summed E-state index contributed by atoms with van der Waals surface area (Å²) in [5.41, 5.74) is 8.79. The molecule has 0 fully saturated rings. The van der Waals surface area contributed by atoms with Crippen LogP contribution in [-0.2, 0) is 4.74 Å². The number of nitrogens with zero attached hydrogens (tertiary/aromatic N) is 1. The van der Waals surface area contributed by atoms with E-state index in [1.54, 1.807) is 7.11 Å². The molecular formula is C11H18N2O. The summed E-state index contributed by atoms with van der Waals surface area (Å²) in [7, 11) is 3.70. The van der Waals surface area contributed by atoms with Crippen LogP contribution in [-0.4, -0.2) is 20.4 Å². The van der Waals surface area contributed by atoms with Gasteiger partial charge in [-0.1, -0.05) is 0 Å². The fraction of sp³-hybridized carbons (Fsp3) is 0.455. The minimum Gasteiger partial charge on any atom is -0.399 e. The summed E-state index contributed by atoms with van der Waals surface area (Å²) in [5, 5.41) is 0. The standard InChI is InChI=1S/C11H18N2O/c1-8-7-10(5-6-11(8)12)13(3)9(2)14-4/h5-7,9H,12H2,1-4H3. The van der Waals surface area contributed by atoms with E-state index in [1.165, 1.54) is 0 Å². The first-order valence-corrected chi connectivity index (χ1v) is 4.68. The lowest BCUT2D eigenvalue weighted by Gasteiger charge is -2.26. The smallest absolute Gasteiger partial charge is 0.126 e. The molecule has 0 spiro atoms. The second-order valence-electron chi connectivity index (χ2n) is 3.49. The Labute approximate surface area is 85.5 Å². The van der Waals surface area contributed by atoms with Crippen molar-refractivity contribution in [3.63, 3.8) is 0 Å². The maximum Gasteiger partial charge on any atom is 0.126 e. The molecule has 1 unspecified atom stereocenters. The van der Waals surface area contributed by atoms with Crippen LogP contribution >= 0.6 is 0 Å². The minimum absolute atomic E-state index is 0.0676. The van der Waals surface area contributed by atoms with Crippen LogP contribution in [0.3, 0.4) is 0 Å². The number of hydrogen-bond donors (Lipinski definition) is 1. The van der Waals surface area contributed by atoms with Gasteiger partial charge in [-0.3, -0.25) is 0 Å². The molecule has 0 aliphatic carbocycles. The molecule has 1 rings (SSSR count). The second-order valence-corrected chi connectivity index (χ2v) is 3.49. The summed E-state index contributed by atoms with van der Waals surface area (Å²) in [6, 6.07) is 5.98. The molecule has 3 nitrogen and oxygen atoms in total. The molecule has 0 amide bonds. The van der Waals surface area contributed by atoms with Crippen LogP contribution in [0.15, 0.2) is 18.2 Å². The highest BCUT2D eigenvalue weighted by Gasteiger charge is 2.08. The van der Waals surface area contributed by atoms with E-state index in [2.05, 4.69) is 11.0 Å². The topological polar surface area (TPSA) is 38.5 Å². The third-order valence-electron chi connectivity index (χ3n) is 2.55. The van der Waals surface area contributed by atoms with Crippen molar-refractivity contribution >= 4 is 11.4 Å². The molecule has 14 heavy (non-hydrogen) atoms. The van der Waals surface area contributed by atoms with Gasteiger partial charge < -0.3 is 15.4 Å². The molecule has 3 heteroatoms. The third-order valence-corrected chi connectivity index (χ3v) is 2.55. The van der Waals surface area contributed by atoms with E-state index in [4.69, 9.17) is 10.5 Å². The Morgan fingerprint density at radius 3 is 2.57 bits per heavy atom. The highest BCUT2D eigenvalue weighted by atomic mass is 16.5. The zero-order valence-corrected chi connectivity index (χ0v) is 9.24. The number of hydrogen-bond acceptors (Lipinski definition) is 3. The number of rotatable bonds is 3. The number of anilines is 2. The van der Waals surface area contributed by atoms with Crippen molar-refractivity contribution in [3.8, 4) is 0 Å². The summed E-state index contributed by atoms with van der Waals surface area (Å²) >= 11 is 0. The third kappa shape index (κ3) is 2.17. The molecule has 0 heterocycles. The van der Waals surface area contributed by atoms with Crippen molar-refractivity contribution in [2.45, 2.75) is 20.1 Å². The Balaban J connectivity index is 2.91. The van der Waals surface area contributed by atoms with Gasteiger partial charge in [-0.25, -0.2) is 0 Å². The minimum atomic E-state index is 0.0676. The first-order chi connectivity index (χ1) is 6.56. The zero-order valence-electron chi connectivity index (χ0n) is 9.24. The number of ether oxygens (including phenoxy) is 1. The molecule has 78 valence electrons. The molecule has 0 radical (unpaired) electrons. The van der Waals surface area contributed by atoms with Gasteiger partial charge in [0, 0.05) is 25.5 Å². The Kier molecular flexibility index (Phi) is 3.36. The lowest BCUT2D eigenvalue weighted by Crippen LogP contribution is -2.30. The lowest BCUT2D eigenvalue weighted by atomic mass is 10.1. The Bertz CT molecular complexity index is 312. The summed E-state index contributed by atoms with van der Waals surface area (Å²) < 4.78 is 5.23. The monoisotopic (exact) mass is 194 g/mol. The van der Waals surface area contributed by atoms with Gasteiger partial charge >= 0.3 is 0 Å². The van der Waals surface area contributed by atoms with Crippen molar-refractivity contribution < 1.29 is 4.74 Å². The van der Waals surface area contributed by atoms with Crippen LogP contribution in [0.4, 0.5) is 11.4 Å². The lowest BCUT2D eigenvalue weighted by molar-refractivity contribution is 0.119. The van der Waals surface area contributed by atoms with Crippen molar-refractivity contribution in [3.05, 3.63) is 23.8 Å². The number of methoxy groups -OCH3 is 1. The normalized spacial score (nSPS) is 12.6. The predicted molar refractivity (Wildman–Crippen MR) is 60.5 cm³/mol. The highest BCUT2D eigenvalue weighted by Crippen LogP contribution is 2.20. The van der Waals surface area contributed by atoms with Crippen molar-refractivity contribution in [2.75, 3.05) is 24.8 Å². The van der Waals surface area contributed by atoms with E-state index in [-0.39, 0.29) is 6.23 Å². The first-order valence-electron chi connectivity index (χ1n) is 4.68. The summed E-state index contributed by atoms with van der Waals surface area (Å²) in [6.07, 6.45) is 0.0676. The van der Waals surface area contributed by atoms with Gasteiger partial charge in [-0.2, -0.15) is 0 Å². The fourth-order valence-electron chi connectivity index (χ4n) is 1.25. The average molecular weight is 194 g/mol. The molecule has 0 saturated heterocycles. The Morgan fingerprint density at radius 1 is 1.43 bits per heavy atom. The summed E-state index contributed by atoms with van der Waals surface area (Å²) in [4.78, 5) is 2.06. The molecule has 0 aromatic heterocycles. The van der Waals surface area contributed by atoms with Gasteiger partial charge in [0.25, 0.3) is 0 Å². The Morgan fingerprint density at radius 2 is 2.07 bits per heavy atom. The molecule has 0 bridgehead atoms. The van der Waals surface area contributed by atoms with Crippen molar-refractivity contribution in [2.24, 2.45) is 0 Å². The van der Waals surface area contributed by atoms with Crippen LogP contribution in [0.25, 0.3) is 0 Å². The van der Waals surface area contributed by atoms with Crippen molar-refractivity contribution in [1.29, 1.82) is 0 Å². The molecule has 0 aliphatic heterocycles. The van der Waals surface area contributed by atoms with Gasteiger partial charge in [-0.15, -0.1) is 0 Å². The largest absolute Gasteiger partial charge is 0.399 e. The molecule has 1 aromatic rings. The molecule has 0 aliphatic rings. The van der Waals surface area contributed by atoms with Gasteiger partial charge in [0.2, 0.25) is 0 Å². The maximum absolute atomic E-state index is 5.75. The number of aryl methyl sites for hydroxylation is 1. The van der Waals surface area contributed by atoms with Crippen LogP contribution in [0.5, 0.6) is 0 Å². The quantitative estimate of drug-likeness (QED) is 0.591. The highest BCUT2D eigenvalue weighted by molar-refractivity contribution is 5.57. The zero-order chi connectivity index (χ0) is 10.7. The van der Waals surface area contributed by atoms with E-state index >= 15 is 0 Å². The maximum atomic E-state index is 5.75. The molecule has 2 N–H and O–H groups in total. The van der Waals surface area contributed by atoms with Crippen LogP contribution in [0.1, 0.15) is 12.5 Å². The second kappa shape index (κ2) is 4.33. The Hall–Kier alpha value is -1.22. The number of nitrogen functional groups attached to an aromatic ring is 1.